The van der Waals surface area contributed by atoms with E-state index in [1.54, 1.807) is 0 Å². The van der Waals surface area contributed by atoms with Crippen molar-refractivity contribution in [2.75, 3.05) is 12.3 Å². The van der Waals surface area contributed by atoms with Gasteiger partial charge in [-0.3, -0.25) is 0 Å². The van der Waals surface area contributed by atoms with E-state index in [1.165, 1.54) is 0 Å². The predicted molar refractivity (Wildman–Crippen MR) is 50.3 cm³/mol. The first-order valence-corrected chi connectivity index (χ1v) is 5.87. The molecule has 0 spiro atoms. The van der Waals surface area contributed by atoms with Crippen molar-refractivity contribution in [3.8, 4) is 0 Å². The molecular formula is C7H18N2O2S. The van der Waals surface area contributed by atoms with E-state index < -0.39 is 10.0 Å². The quantitative estimate of drug-likeness (QED) is 0.627. The Hall–Kier alpha value is -0.130. The van der Waals surface area contributed by atoms with Crippen molar-refractivity contribution < 1.29 is 8.42 Å². The monoisotopic (exact) mass is 194 g/mol. The van der Waals surface area contributed by atoms with Gasteiger partial charge in [0.2, 0.25) is 10.0 Å². The van der Waals surface area contributed by atoms with Crippen LogP contribution in [0.3, 0.4) is 0 Å². The lowest BCUT2D eigenvalue weighted by atomic mass is 10.3. The highest BCUT2D eigenvalue weighted by molar-refractivity contribution is 7.89. The van der Waals surface area contributed by atoms with Gasteiger partial charge in [0.25, 0.3) is 0 Å². The Morgan fingerprint density at radius 2 is 2.08 bits per heavy atom. The zero-order valence-electron chi connectivity index (χ0n) is 7.71. The maximum Gasteiger partial charge on any atom is 0.211 e. The molecule has 0 aromatic heterocycles. The fraction of sp³-hybridized carbons (Fsp3) is 1.00. The summed E-state index contributed by atoms with van der Waals surface area (Å²) >= 11 is 0. The molecule has 74 valence electrons. The maximum absolute atomic E-state index is 11.2. The van der Waals surface area contributed by atoms with Gasteiger partial charge in [0, 0.05) is 6.04 Å². The van der Waals surface area contributed by atoms with Gasteiger partial charge in [0.15, 0.2) is 0 Å². The molecule has 0 rings (SSSR count). The number of hydrogen-bond acceptors (Lipinski definition) is 3. The number of nitrogens with one attached hydrogen (secondary N) is 1. The lowest BCUT2D eigenvalue weighted by molar-refractivity contribution is 0.554. The van der Waals surface area contributed by atoms with Crippen LogP contribution in [0.5, 0.6) is 0 Å². The summed E-state index contributed by atoms with van der Waals surface area (Å²) < 4.78 is 24.9. The van der Waals surface area contributed by atoms with E-state index in [0.717, 1.165) is 6.42 Å². The van der Waals surface area contributed by atoms with Crippen LogP contribution in [-0.4, -0.2) is 26.8 Å². The van der Waals surface area contributed by atoms with Crippen LogP contribution in [0.4, 0.5) is 0 Å². The highest BCUT2D eigenvalue weighted by Gasteiger charge is 2.11. The predicted octanol–water partition coefficient (Wildman–Crippen LogP) is 0.0531. The van der Waals surface area contributed by atoms with Crippen LogP contribution in [0.25, 0.3) is 0 Å². The molecule has 0 saturated carbocycles. The van der Waals surface area contributed by atoms with Gasteiger partial charge in [-0.2, -0.15) is 0 Å². The standard InChI is InChI=1S/C7H18N2O2S/c1-3-7(2)9-12(10,11)6-4-5-8/h7,9H,3-6,8H2,1-2H3. The fourth-order valence-electron chi connectivity index (χ4n) is 0.722. The second-order valence-electron chi connectivity index (χ2n) is 2.89. The average Bonchev–Trinajstić information content (AvgIpc) is 2.00. The van der Waals surface area contributed by atoms with Gasteiger partial charge in [-0.1, -0.05) is 6.92 Å². The van der Waals surface area contributed by atoms with E-state index in [2.05, 4.69) is 4.72 Å². The summed E-state index contributed by atoms with van der Waals surface area (Å²) in [6, 6.07) is 0.0211. The van der Waals surface area contributed by atoms with Crippen molar-refractivity contribution in [3.05, 3.63) is 0 Å². The summed E-state index contributed by atoms with van der Waals surface area (Å²) in [6.45, 7) is 4.21. The zero-order valence-corrected chi connectivity index (χ0v) is 8.52. The minimum Gasteiger partial charge on any atom is -0.330 e. The van der Waals surface area contributed by atoms with E-state index in [0.29, 0.717) is 13.0 Å². The van der Waals surface area contributed by atoms with Crippen molar-refractivity contribution in [1.82, 2.24) is 4.72 Å². The van der Waals surface area contributed by atoms with Gasteiger partial charge < -0.3 is 5.73 Å². The number of rotatable bonds is 6. The Morgan fingerprint density at radius 1 is 1.50 bits per heavy atom. The molecule has 0 amide bonds. The van der Waals surface area contributed by atoms with Gasteiger partial charge in [0.05, 0.1) is 5.75 Å². The summed E-state index contributed by atoms with van der Waals surface area (Å²) in [5.41, 5.74) is 5.21. The van der Waals surface area contributed by atoms with E-state index in [1.807, 2.05) is 13.8 Å². The normalized spacial score (nSPS) is 14.6. The van der Waals surface area contributed by atoms with E-state index >= 15 is 0 Å². The summed E-state index contributed by atoms with van der Waals surface area (Å²) in [5.74, 6) is 0.133. The molecule has 0 aliphatic heterocycles. The van der Waals surface area contributed by atoms with Crippen LogP contribution in [-0.2, 0) is 10.0 Å². The third-order valence-electron chi connectivity index (χ3n) is 1.61. The second kappa shape index (κ2) is 5.50. The molecule has 3 N–H and O–H groups in total. The van der Waals surface area contributed by atoms with Crippen LogP contribution in [0.1, 0.15) is 26.7 Å². The molecule has 0 bridgehead atoms. The molecule has 1 atom stereocenters. The molecule has 0 aromatic rings. The Kier molecular flexibility index (Phi) is 5.44. The molecule has 1 unspecified atom stereocenters. The molecule has 0 saturated heterocycles. The van der Waals surface area contributed by atoms with Crippen LogP contribution in [0.2, 0.25) is 0 Å². The Bertz CT molecular complexity index is 201. The first-order valence-electron chi connectivity index (χ1n) is 4.22. The Balaban J connectivity index is 3.88. The van der Waals surface area contributed by atoms with Crippen molar-refractivity contribution in [3.63, 3.8) is 0 Å². The average molecular weight is 194 g/mol. The minimum absolute atomic E-state index is 0.0211. The summed E-state index contributed by atoms with van der Waals surface area (Å²) in [5, 5.41) is 0. The van der Waals surface area contributed by atoms with Crippen molar-refractivity contribution in [1.29, 1.82) is 0 Å². The zero-order chi connectivity index (χ0) is 9.61. The minimum atomic E-state index is -3.09. The SMILES string of the molecule is CCC(C)NS(=O)(=O)CCCN. The fourth-order valence-corrected chi connectivity index (χ4v) is 2.17. The van der Waals surface area contributed by atoms with Gasteiger partial charge in [-0.15, -0.1) is 0 Å². The molecule has 0 heterocycles. The van der Waals surface area contributed by atoms with Gasteiger partial charge in [-0.05, 0) is 26.3 Å². The topological polar surface area (TPSA) is 72.2 Å². The molecular weight excluding hydrogens is 176 g/mol. The number of hydrogen-bond donors (Lipinski definition) is 2. The largest absolute Gasteiger partial charge is 0.330 e. The maximum atomic E-state index is 11.2. The summed E-state index contributed by atoms with van der Waals surface area (Å²) in [7, 11) is -3.09. The molecule has 0 fully saturated rings. The smallest absolute Gasteiger partial charge is 0.211 e. The van der Waals surface area contributed by atoms with E-state index in [4.69, 9.17) is 5.73 Å². The molecule has 0 radical (unpaired) electrons. The lowest BCUT2D eigenvalue weighted by Crippen LogP contribution is -2.34. The van der Waals surface area contributed by atoms with Crippen molar-refractivity contribution >= 4 is 10.0 Å². The van der Waals surface area contributed by atoms with E-state index in [9.17, 15) is 8.42 Å². The van der Waals surface area contributed by atoms with Gasteiger partial charge >= 0.3 is 0 Å². The van der Waals surface area contributed by atoms with Crippen LogP contribution in [0.15, 0.2) is 0 Å². The van der Waals surface area contributed by atoms with Crippen molar-refractivity contribution in [2.45, 2.75) is 32.7 Å². The van der Waals surface area contributed by atoms with Gasteiger partial charge in [-0.25, -0.2) is 13.1 Å². The Labute approximate surface area is 74.6 Å². The number of sulfonamides is 1. The second-order valence-corrected chi connectivity index (χ2v) is 4.76. The third-order valence-corrected chi connectivity index (χ3v) is 3.20. The molecule has 0 aliphatic rings. The molecule has 0 aromatic carbocycles. The van der Waals surface area contributed by atoms with E-state index in [-0.39, 0.29) is 11.8 Å². The van der Waals surface area contributed by atoms with Gasteiger partial charge in [0.1, 0.15) is 0 Å². The summed E-state index contributed by atoms with van der Waals surface area (Å²) in [6.07, 6.45) is 1.33. The lowest BCUT2D eigenvalue weighted by Gasteiger charge is -2.11. The molecule has 4 nitrogen and oxygen atoms in total. The number of nitrogens with two attached hydrogens (primary N) is 1. The van der Waals surface area contributed by atoms with Crippen LogP contribution >= 0.6 is 0 Å². The first kappa shape index (κ1) is 11.9. The summed E-state index contributed by atoms with van der Waals surface area (Å²) in [4.78, 5) is 0. The Morgan fingerprint density at radius 3 is 2.50 bits per heavy atom. The van der Waals surface area contributed by atoms with Crippen LogP contribution in [0, 0.1) is 0 Å². The van der Waals surface area contributed by atoms with Crippen LogP contribution < -0.4 is 10.5 Å². The highest BCUT2D eigenvalue weighted by Crippen LogP contribution is 1.94. The first-order chi connectivity index (χ1) is 5.52. The highest BCUT2D eigenvalue weighted by atomic mass is 32.2. The molecule has 12 heavy (non-hydrogen) atoms. The molecule has 5 heteroatoms. The van der Waals surface area contributed by atoms with Crippen molar-refractivity contribution in [2.24, 2.45) is 5.73 Å². The third kappa shape index (κ3) is 5.51. The molecule has 0 aliphatic carbocycles.